The Balaban J connectivity index is 2.08. The quantitative estimate of drug-likeness (QED) is 0.682. The summed E-state index contributed by atoms with van der Waals surface area (Å²) in [5.41, 5.74) is 0.851. The van der Waals surface area contributed by atoms with Crippen LogP contribution in [-0.2, 0) is 11.3 Å². The topological polar surface area (TPSA) is 46.1 Å². The highest BCUT2D eigenvalue weighted by Gasteiger charge is 2.13. The second kappa shape index (κ2) is 4.50. The number of carbonyl (C=O) groups is 1. The Morgan fingerprint density at radius 2 is 2.40 bits per heavy atom. The molecule has 1 aliphatic rings. The summed E-state index contributed by atoms with van der Waals surface area (Å²) >= 11 is 0. The van der Waals surface area contributed by atoms with E-state index in [1.165, 1.54) is 0 Å². The average molecular weight is 201 g/mol. The molecular weight excluding hydrogens is 190 g/mol. The zero-order chi connectivity index (χ0) is 10.5. The van der Waals surface area contributed by atoms with Crippen molar-refractivity contribution in [2.45, 2.75) is 12.6 Å². The zero-order valence-corrected chi connectivity index (χ0v) is 8.15. The summed E-state index contributed by atoms with van der Waals surface area (Å²) in [4.78, 5) is 12.7. The fourth-order valence-electron chi connectivity index (χ4n) is 1.43. The fourth-order valence-corrected chi connectivity index (χ4v) is 1.43. The van der Waals surface area contributed by atoms with Crippen molar-refractivity contribution < 1.29 is 4.79 Å². The van der Waals surface area contributed by atoms with Crippen LogP contribution in [0.3, 0.4) is 0 Å². The van der Waals surface area contributed by atoms with Crippen molar-refractivity contribution in [3.05, 3.63) is 48.5 Å². The van der Waals surface area contributed by atoms with Gasteiger partial charge in [0.1, 0.15) is 12.3 Å². The molecule has 0 saturated heterocycles. The maximum Gasteiger partial charge on any atom is 0.146 e. The highest BCUT2D eigenvalue weighted by molar-refractivity contribution is 5.62. The van der Waals surface area contributed by atoms with Crippen molar-refractivity contribution in [3.8, 4) is 0 Å². The molecule has 4 nitrogen and oxygen atoms in total. The van der Waals surface area contributed by atoms with Gasteiger partial charge in [-0.15, -0.1) is 0 Å². The van der Waals surface area contributed by atoms with Crippen LogP contribution in [0, 0.1) is 0 Å². The van der Waals surface area contributed by atoms with E-state index in [4.69, 9.17) is 0 Å². The molecule has 1 aromatic heterocycles. The second-order valence-electron chi connectivity index (χ2n) is 3.24. The van der Waals surface area contributed by atoms with Gasteiger partial charge in [0.15, 0.2) is 0 Å². The van der Waals surface area contributed by atoms with Gasteiger partial charge >= 0.3 is 0 Å². The summed E-state index contributed by atoms with van der Waals surface area (Å²) in [7, 11) is 0. The molecule has 76 valence electrons. The molecule has 4 heteroatoms. The third-order valence-corrected chi connectivity index (χ3v) is 2.19. The van der Waals surface area contributed by atoms with Gasteiger partial charge in [0, 0.05) is 12.4 Å². The molecule has 1 unspecified atom stereocenters. The van der Waals surface area contributed by atoms with Crippen LogP contribution in [0.25, 0.3) is 0 Å². The molecule has 0 aromatic carbocycles. The minimum absolute atomic E-state index is 0.197. The maximum atomic E-state index is 10.8. The van der Waals surface area contributed by atoms with Gasteiger partial charge in [-0.3, -0.25) is 0 Å². The van der Waals surface area contributed by atoms with Crippen LogP contribution in [0.5, 0.6) is 0 Å². The first kappa shape index (κ1) is 9.58. The fraction of sp³-hybridized carbons (Fsp3) is 0.182. The molecule has 0 fully saturated rings. The largest absolute Gasteiger partial charge is 0.358 e. The van der Waals surface area contributed by atoms with Crippen LogP contribution in [-0.4, -0.2) is 27.4 Å². The Labute approximate surface area is 87.9 Å². The Morgan fingerprint density at radius 3 is 3.13 bits per heavy atom. The van der Waals surface area contributed by atoms with Crippen LogP contribution in [0.15, 0.2) is 42.8 Å². The SMILES string of the molecule is O=CC1C=CC=CN1Cc1cccnn1. The van der Waals surface area contributed by atoms with Crippen molar-refractivity contribution in [1.29, 1.82) is 0 Å². The molecule has 0 aliphatic carbocycles. The third-order valence-electron chi connectivity index (χ3n) is 2.19. The van der Waals surface area contributed by atoms with Crippen molar-refractivity contribution in [1.82, 2.24) is 15.1 Å². The van der Waals surface area contributed by atoms with Crippen LogP contribution in [0.4, 0.5) is 0 Å². The van der Waals surface area contributed by atoms with Crippen LogP contribution < -0.4 is 0 Å². The molecule has 2 heterocycles. The van der Waals surface area contributed by atoms with Crippen LogP contribution in [0.1, 0.15) is 5.69 Å². The summed E-state index contributed by atoms with van der Waals surface area (Å²) in [6.07, 6.45) is 10.0. The minimum Gasteiger partial charge on any atom is -0.358 e. The van der Waals surface area contributed by atoms with Gasteiger partial charge in [0.2, 0.25) is 0 Å². The van der Waals surface area contributed by atoms with Gasteiger partial charge in [-0.25, -0.2) is 0 Å². The monoisotopic (exact) mass is 201 g/mol. The molecule has 1 atom stereocenters. The van der Waals surface area contributed by atoms with Gasteiger partial charge in [-0.1, -0.05) is 12.2 Å². The molecule has 0 bridgehead atoms. The predicted octanol–water partition coefficient (Wildman–Crippen LogP) is 0.930. The average Bonchev–Trinajstić information content (AvgIpc) is 2.31. The molecule has 0 radical (unpaired) electrons. The van der Waals surface area contributed by atoms with Gasteiger partial charge in [0.05, 0.1) is 12.2 Å². The van der Waals surface area contributed by atoms with E-state index < -0.39 is 0 Å². The van der Waals surface area contributed by atoms with Gasteiger partial charge < -0.3 is 9.69 Å². The first-order valence-corrected chi connectivity index (χ1v) is 4.73. The highest BCUT2D eigenvalue weighted by Crippen LogP contribution is 2.10. The van der Waals surface area contributed by atoms with Crippen molar-refractivity contribution >= 4 is 6.29 Å². The number of nitrogens with zero attached hydrogens (tertiary/aromatic N) is 3. The molecule has 0 N–H and O–H groups in total. The van der Waals surface area contributed by atoms with E-state index in [2.05, 4.69) is 10.2 Å². The van der Waals surface area contributed by atoms with Gasteiger partial charge in [-0.2, -0.15) is 10.2 Å². The number of aromatic nitrogens is 2. The Kier molecular flexibility index (Phi) is 2.88. The zero-order valence-electron chi connectivity index (χ0n) is 8.15. The number of carbonyl (C=O) groups excluding carboxylic acids is 1. The molecule has 0 amide bonds. The normalized spacial score (nSPS) is 19.2. The third kappa shape index (κ3) is 2.28. The molecule has 1 aliphatic heterocycles. The van der Waals surface area contributed by atoms with E-state index >= 15 is 0 Å². The Morgan fingerprint density at radius 1 is 1.47 bits per heavy atom. The highest BCUT2D eigenvalue weighted by atomic mass is 16.1. The molecule has 1 aromatic rings. The van der Waals surface area contributed by atoms with Crippen LogP contribution >= 0.6 is 0 Å². The van der Waals surface area contributed by atoms with Crippen molar-refractivity contribution in [2.75, 3.05) is 0 Å². The number of allylic oxidation sites excluding steroid dienone is 2. The lowest BCUT2D eigenvalue weighted by Gasteiger charge is -2.25. The first-order valence-electron chi connectivity index (χ1n) is 4.73. The van der Waals surface area contributed by atoms with E-state index in [9.17, 15) is 4.79 Å². The molecule has 15 heavy (non-hydrogen) atoms. The summed E-state index contributed by atoms with van der Waals surface area (Å²) in [5.74, 6) is 0. The Hall–Kier alpha value is -1.97. The van der Waals surface area contributed by atoms with Crippen LogP contribution in [0.2, 0.25) is 0 Å². The summed E-state index contributed by atoms with van der Waals surface area (Å²) < 4.78 is 0. The lowest BCUT2D eigenvalue weighted by Crippen LogP contribution is -2.31. The molecular formula is C11H11N3O. The second-order valence-corrected chi connectivity index (χ2v) is 3.24. The van der Waals surface area contributed by atoms with E-state index in [1.54, 1.807) is 6.20 Å². The number of hydrogen-bond acceptors (Lipinski definition) is 4. The maximum absolute atomic E-state index is 10.8. The minimum atomic E-state index is -0.197. The molecule has 2 rings (SSSR count). The molecule has 0 saturated carbocycles. The summed E-state index contributed by atoms with van der Waals surface area (Å²) in [6.45, 7) is 0.595. The number of aldehydes is 1. The van der Waals surface area contributed by atoms with Crippen molar-refractivity contribution in [3.63, 3.8) is 0 Å². The predicted molar refractivity (Wildman–Crippen MR) is 55.7 cm³/mol. The smallest absolute Gasteiger partial charge is 0.146 e. The number of hydrogen-bond donors (Lipinski definition) is 0. The molecule has 0 spiro atoms. The summed E-state index contributed by atoms with van der Waals surface area (Å²) in [5, 5.41) is 7.77. The standard InChI is InChI=1S/C11H11N3O/c15-9-11-5-1-2-7-14(11)8-10-4-3-6-12-13-10/h1-7,9,11H,8H2. The van der Waals surface area contributed by atoms with E-state index in [1.807, 2.05) is 41.5 Å². The first-order chi connectivity index (χ1) is 7.40. The van der Waals surface area contributed by atoms with Gasteiger partial charge in [0.25, 0.3) is 0 Å². The number of rotatable bonds is 3. The lowest BCUT2D eigenvalue weighted by molar-refractivity contribution is -0.110. The van der Waals surface area contributed by atoms with Gasteiger partial charge in [-0.05, 0) is 18.2 Å². The van der Waals surface area contributed by atoms with E-state index in [0.29, 0.717) is 6.54 Å². The van der Waals surface area contributed by atoms with E-state index in [0.717, 1.165) is 12.0 Å². The Bertz CT molecular complexity index is 386. The lowest BCUT2D eigenvalue weighted by atomic mass is 10.2. The summed E-state index contributed by atoms with van der Waals surface area (Å²) in [6, 6.07) is 3.53. The van der Waals surface area contributed by atoms with E-state index in [-0.39, 0.29) is 6.04 Å². The van der Waals surface area contributed by atoms with Crippen molar-refractivity contribution in [2.24, 2.45) is 0 Å².